The summed E-state index contributed by atoms with van der Waals surface area (Å²) in [6, 6.07) is 4.41. The molecule has 1 aromatic rings. The maximum atomic E-state index is 13.5. The van der Waals surface area contributed by atoms with Crippen molar-refractivity contribution in [2.75, 3.05) is 31.1 Å². The molecule has 0 aromatic heterocycles. The lowest BCUT2D eigenvalue weighted by Gasteiger charge is -2.39. The molecule has 1 N–H and O–H groups in total. The summed E-state index contributed by atoms with van der Waals surface area (Å²) in [7, 11) is 0. The van der Waals surface area contributed by atoms with Crippen molar-refractivity contribution in [2.45, 2.75) is 83.1 Å². The van der Waals surface area contributed by atoms with Gasteiger partial charge in [-0.2, -0.15) is 0 Å². The molecule has 3 saturated heterocycles. The van der Waals surface area contributed by atoms with Crippen molar-refractivity contribution >= 4 is 35.2 Å². The number of nitrogens with one attached hydrogen (secondary N) is 1. The van der Waals surface area contributed by atoms with Crippen LogP contribution in [-0.2, 0) is 14.4 Å². The minimum Gasteiger partial charge on any atom is -0.371 e. The van der Waals surface area contributed by atoms with Gasteiger partial charge in [0.1, 0.15) is 6.04 Å². The lowest BCUT2D eigenvalue weighted by Crippen LogP contribution is -2.54. The Hall–Kier alpha value is -3.23. The summed E-state index contributed by atoms with van der Waals surface area (Å²) in [6.45, 7) is 3.43. The van der Waals surface area contributed by atoms with Crippen LogP contribution in [0.25, 0.3) is 0 Å². The van der Waals surface area contributed by atoms with Crippen LogP contribution in [0.15, 0.2) is 18.2 Å². The van der Waals surface area contributed by atoms with Gasteiger partial charge in [0.15, 0.2) is 0 Å². The van der Waals surface area contributed by atoms with Crippen molar-refractivity contribution in [3.05, 3.63) is 29.3 Å². The molecule has 6 rings (SSSR count). The van der Waals surface area contributed by atoms with E-state index in [1.54, 1.807) is 6.07 Å². The highest BCUT2D eigenvalue weighted by Crippen LogP contribution is 2.37. The van der Waals surface area contributed by atoms with Crippen LogP contribution in [0.2, 0.25) is 0 Å². The number of hydrogen-bond donors (Lipinski definition) is 1. The molecule has 0 spiro atoms. The average molecular weight is 549 g/mol. The van der Waals surface area contributed by atoms with Gasteiger partial charge in [-0.1, -0.05) is 25.3 Å². The van der Waals surface area contributed by atoms with Gasteiger partial charge >= 0.3 is 0 Å². The number of benzene rings is 1. The molecule has 9 nitrogen and oxygen atoms in total. The van der Waals surface area contributed by atoms with Crippen molar-refractivity contribution in [2.24, 2.45) is 17.8 Å². The average Bonchev–Trinajstić information content (AvgIpc) is 3.23. The molecule has 1 aliphatic carbocycles. The van der Waals surface area contributed by atoms with Crippen LogP contribution in [0.5, 0.6) is 0 Å². The molecule has 9 heteroatoms. The standard InChI is InChI=1S/C31H40N4O5/c36-26-10-9-25(28(37)32-26)35-30(39)23-7-4-8-24(27(23)31(35)40)33-15-11-20(12-16-33)19-21-13-17-34(18-14-21)29(38)22-5-2-1-3-6-22/h4,7-8,20-22,25H,1-3,5-6,9-19H2,(H,32,36,37). The van der Waals surface area contributed by atoms with Gasteiger partial charge < -0.3 is 9.80 Å². The van der Waals surface area contributed by atoms with Crippen molar-refractivity contribution in [3.8, 4) is 0 Å². The molecule has 214 valence electrons. The molecule has 1 saturated carbocycles. The zero-order chi connectivity index (χ0) is 27.8. The van der Waals surface area contributed by atoms with Gasteiger partial charge in [-0.15, -0.1) is 0 Å². The van der Waals surface area contributed by atoms with E-state index in [2.05, 4.69) is 15.1 Å². The first-order valence-electron chi connectivity index (χ1n) is 15.3. The van der Waals surface area contributed by atoms with Crippen LogP contribution in [0.1, 0.15) is 97.8 Å². The van der Waals surface area contributed by atoms with Gasteiger partial charge in [0, 0.05) is 38.5 Å². The first kappa shape index (κ1) is 27.0. The normalized spacial score (nSPS) is 25.4. The van der Waals surface area contributed by atoms with Crippen molar-refractivity contribution in [1.29, 1.82) is 0 Å². The van der Waals surface area contributed by atoms with E-state index in [9.17, 15) is 24.0 Å². The van der Waals surface area contributed by atoms with Gasteiger partial charge in [-0.25, -0.2) is 0 Å². The Kier molecular flexibility index (Phi) is 7.64. The smallest absolute Gasteiger partial charge is 0.264 e. The second kappa shape index (κ2) is 11.3. The fourth-order valence-corrected chi connectivity index (χ4v) is 7.64. The monoisotopic (exact) mass is 548 g/mol. The molecule has 4 aliphatic heterocycles. The lowest BCUT2D eigenvalue weighted by atomic mass is 9.82. The number of rotatable bonds is 5. The summed E-state index contributed by atoms with van der Waals surface area (Å²) in [5, 5.41) is 2.26. The number of anilines is 1. The van der Waals surface area contributed by atoms with Crippen LogP contribution in [0.3, 0.4) is 0 Å². The van der Waals surface area contributed by atoms with Gasteiger partial charge in [-0.05, 0) is 75.3 Å². The highest BCUT2D eigenvalue weighted by Gasteiger charge is 2.46. The number of fused-ring (bicyclic) bond motifs is 1. The number of nitrogens with zero attached hydrogens (tertiary/aromatic N) is 3. The van der Waals surface area contributed by atoms with Crippen LogP contribution in [-0.4, -0.2) is 71.6 Å². The summed E-state index contributed by atoms with van der Waals surface area (Å²) < 4.78 is 0. The first-order valence-corrected chi connectivity index (χ1v) is 15.3. The van der Waals surface area contributed by atoms with Gasteiger partial charge in [-0.3, -0.25) is 34.2 Å². The lowest BCUT2D eigenvalue weighted by molar-refractivity contribution is -0.138. The fraction of sp³-hybridized carbons (Fsp3) is 0.645. The van der Waals surface area contributed by atoms with Crippen LogP contribution in [0.4, 0.5) is 5.69 Å². The molecule has 1 atom stereocenters. The van der Waals surface area contributed by atoms with Gasteiger partial charge in [0.25, 0.3) is 11.8 Å². The van der Waals surface area contributed by atoms with Crippen LogP contribution >= 0.6 is 0 Å². The molecule has 0 radical (unpaired) electrons. The van der Waals surface area contributed by atoms with E-state index in [1.165, 1.54) is 25.7 Å². The predicted molar refractivity (Wildman–Crippen MR) is 149 cm³/mol. The summed E-state index contributed by atoms with van der Waals surface area (Å²) in [5.74, 6) is 0.0713. The van der Waals surface area contributed by atoms with Crippen molar-refractivity contribution in [3.63, 3.8) is 0 Å². The van der Waals surface area contributed by atoms with Crippen LogP contribution in [0, 0.1) is 17.8 Å². The SMILES string of the molecule is O=C1CCC(N2C(=O)c3cccc(N4CCC(CC5CCN(C(=O)C6CCCCC6)CC5)CC4)c3C2=O)C(=O)N1. The third-order valence-electron chi connectivity index (χ3n) is 9.95. The highest BCUT2D eigenvalue weighted by atomic mass is 16.2. The summed E-state index contributed by atoms with van der Waals surface area (Å²) >= 11 is 0. The molecule has 5 amide bonds. The Bertz CT molecular complexity index is 1190. The summed E-state index contributed by atoms with van der Waals surface area (Å²) in [6.07, 6.45) is 11.5. The number of likely N-dealkylation sites (tertiary alicyclic amines) is 1. The largest absolute Gasteiger partial charge is 0.371 e. The third-order valence-corrected chi connectivity index (χ3v) is 9.95. The predicted octanol–water partition coefficient (Wildman–Crippen LogP) is 3.51. The second-order valence-electron chi connectivity index (χ2n) is 12.4. The van der Waals surface area contributed by atoms with E-state index in [1.807, 2.05) is 12.1 Å². The number of carbonyl (C=O) groups excluding carboxylic acids is 5. The minimum absolute atomic E-state index is 0.111. The van der Waals surface area contributed by atoms with E-state index in [0.717, 1.165) is 75.3 Å². The van der Waals surface area contributed by atoms with Crippen LogP contribution < -0.4 is 10.2 Å². The number of piperidine rings is 3. The molecule has 1 aromatic carbocycles. The summed E-state index contributed by atoms with van der Waals surface area (Å²) in [4.78, 5) is 69.0. The Morgan fingerprint density at radius 1 is 0.800 bits per heavy atom. The summed E-state index contributed by atoms with van der Waals surface area (Å²) in [5.41, 5.74) is 1.48. The van der Waals surface area contributed by atoms with E-state index in [0.29, 0.717) is 28.9 Å². The fourth-order valence-electron chi connectivity index (χ4n) is 7.64. The van der Waals surface area contributed by atoms with Gasteiger partial charge in [0.2, 0.25) is 17.7 Å². The molecule has 0 bridgehead atoms. The molecule has 40 heavy (non-hydrogen) atoms. The quantitative estimate of drug-likeness (QED) is 0.565. The number of carbonyl (C=O) groups is 5. The molecule has 1 unspecified atom stereocenters. The maximum absolute atomic E-state index is 13.5. The zero-order valence-corrected chi connectivity index (χ0v) is 23.2. The minimum atomic E-state index is -0.951. The van der Waals surface area contributed by atoms with Gasteiger partial charge in [0.05, 0.1) is 16.8 Å². The first-order chi connectivity index (χ1) is 19.4. The Balaban J connectivity index is 1.03. The molecule has 5 aliphatic rings. The Morgan fingerprint density at radius 2 is 1.48 bits per heavy atom. The van der Waals surface area contributed by atoms with E-state index < -0.39 is 23.8 Å². The van der Waals surface area contributed by atoms with Crippen molar-refractivity contribution in [1.82, 2.24) is 15.1 Å². The maximum Gasteiger partial charge on any atom is 0.264 e. The highest BCUT2D eigenvalue weighted by molar-refractivity contribution is 6.25. The Labute approximate surface area is 235 Å². The number of hydrogen-bond acceptors (Lipinski definition) is 6. The molecule has 4 fully saturated rings. The van der Waals surface area contributed by atoms with E-state index in [-0.39, 0.29) is 24.7 Å². The molecular formula is C31H40N4O5. The van der Waals surface area contributed by atoms with E-state index >= 15 is 0 Å². The molecular weight excluding hydrogens is 508 g/mol. The molecule has 4 heterocycles. The zero-order valence-electron chi connectivity index (χ0n) is 23.2. The second-order valence-corrected chi connectivity index (χ2v) is 12.4. The van der Waals surface area contributed by atoms with E-state index in [4.69, 9.17) is 0 Å². The third kappa shape index (κ3) is 5.15. The van der Waals surface area contributed by atoms with Crippen molar-refractivity contribution < 1.29 is 24.0 Å². The number of amides is 5. The topological polar surface area (TPSA) is 107 Å². The number of imide groups is 2. The Morgan fingerprint density at radius 3 is 2.15 bits per heavy atom.